The van der Waals surface area contributed by atoms with Gasteiger partial charge in [-0.15, -0.1) is 11.3 Å². The maximum Gasteiger partial charge on any atom is 0.374 e. The molecule has 0 aliphatic carbocycles. The Morgan fingerprint density at radius 2 is 2.33 bits per heavy atom. The number of rotatable bonds is 4. The highest BCUT2D eigenvalue weighted by Gasteiger charge is 2.16. The molecule has 2 rings (SSSR count). The lowest BCUT2D eigenvalue weighted by atomic mass is 10.3. The molecule has 0 spiro atoms. The van der Waals surface area contributed by atoms with Crippen molar-refractivity contribution in [1.29, 1.82) is 0 Å². The molecule has 2 aromatic rings. The topological polar surface area (TPSA) is 105 Å². The summed E-state index contributed by atoms with van der Waals surface area (Å²) >= 11 is 1.49. The molecular formula is C10H9N3O4S. The van der Waals surface area contributed by atoms with Gasteiger partial charge in [0, 0.05) is 11.4 Å². The lowest BCUT2D eigenvalue weighted by molar-refractivity contribution is 0.0651. The Morgan fingerprint density at radius 1 is 1.56 bits per heavy atom. The van der Waals surface area contributed by atoms with Crippen LogP contribution < -0.4 is 5.32 Å². The van der Waals surface area contributed by atoms with E-state index < -0.39 is 11.9 Å². The average molecular weight is 267 g/mol. The van der Waals surface area contributed by atoms with Gasteiger partial charge in [0.2, 0.25) is 5.76 Å². The van der Waals surface area contributed by atoms with Crippen molar-refractivity contribution in [3.8, 4) is 0 Å². The van der Waals surface area contributed by atoms with E-state index >= 15 is 0 Å². The van der Waals surface area contributed by atoms with Crippen LogP contribution in [0.1, 0.15) is 31.7 Å². The van der Waals surface area contributed by atoms with Gasteiger partial charge in [-0.05, 0) is 6.92 Å². The number of aryl methyl sites for hydroxylation is 1. The van der Waals surface area contributed by atoms with Crippen molar-refractivity contribution in [3.63, 3.8) is 0 Å². The number of nitrogens with one attached hydrogen (secondary N) is 1. The fraction of sp³-hybridized carbons (Fsp3) is 0.200. The third-order valence-electron chi connectivity index (χ3n) is 2.05. The van der Waals surface area contributed by atoms with Gasteiger partial charge in [0.05, 0.1) is 17.2 Å². The predicted molar refractivity (Wildman–Crippen MR) is 61.5 cm³/mol. The highest BCUT2D eigenvalue weighted by Crippen LogP contribution is 2.08. The zero-order valence-electron chi connectivity index (χ0n) is 9.34. The van der Waals surface area contributed by atoms with Gasteiger partial charge in [0.15, 0.2) is 5.69 Å². The number of hydrogen-bond donors (Lipinski definition) is 2. The highest BCUT2D eigenvalue weighted by molar-refractivity contribution is 7.09. The summed E-state index contributed by atoms with van der Waals surface area (Å²) < 4.78 is 4.48. The van der Waals surface area contributed by atoms with Gasteiger partial charge in [-0.25, -0.2) is 9.78 Å². The van der Waals surface area contributed by atoms with E-state index in [2.05, 4.69) is 20.0 Å². The van der Waals surface area contributed by atoms with Crippen LogP contribution in [-0.4, -0.2) is 27.1 Å². The van der Waals surface area contributed by atoms with Crippen molar-refractivity contribution in [2.24, 2.45) is 0 Å². The first-order valence-electron chi connectivity index (χ1n) is 4.95. The lowest BCUT2D eigenvalue weighted by Crippen LogP contribution is -2.23. The fourth-order valence-corrected chi connectivity index (χ4v) is 1.85. The molecule has 18 heavy (non-hydrogen) atoms. The smallest absolute Gasteiger partial charge is 0.374 e. The SMILES string of the molecule is Cc1nc(CNC(=O)c2cc(C(=O)O)on2)cs1. The molecular weight excluding hydrogens is 258 g/mol. The number of carboxylic acid groups (broad SMARTS) is 1. The molecule has 0 aromatic carbocycles. The number of carbonyl (C=O) groups excluding carboxylic acids is 1. The van der Waals surface area contributed by atoms with E-state index in [-0.39, 0.29) is 18.0 Å². The van der Waals surface area contributed by atoms with E-state index in [0.717, 1.165) is 16.8 Å². The summed E-state index contributed by atoms with van der Waals surface area (Å²) in [5.74, 6) is -2.14. The normalized spacial score (nSPS) is 10.3. The first-order chi connectivity index (χ1) is 8.56. The van der Waals surface area contributed by atoms with Gasteiger partial charge in [-0.1, -0.05) is 5.16 Å². The van der Waals surface area contributed by atoms with Crippen molar-refractivity contribution in [1.82, 2.24) is 15.5 Å². The Balaban J connectivity index is 1.97. The Hall–Kier alpha value is -2.22. The number of aromatic carboxylic acids is 1. The van der Waals surface area contributed by atoms with Gasteiger partial charge >= 0.3 is 5.97 Å². The predicted octanol–water partition coefficient (Wildman–Crippen LogP) is 1.07. The number of aromatic nitrogens is 2. The van der Waals surface area contributed by atoms with Gasteiger partial charge in [-0.3, -0.25) is 4.79 Å². The lowest BCUT2D eigenvalue weighted by Gasteiger charge is -1.98. The Kier molecular flexibility index (Phi) is 3.38. The van der Waals surface area contributed by atoms with Gasteiger partial charge in [0.1, 0.15) is 0 Å². The molecule has 7 nitrogen and oxygen atoms in total. The molecule has 0 aliphatic rings. The van der Waals surface area contributed by atoms with E-state index in [0.29, 0.717) is 0 Å². The second kappa shape index (κ2) is 4.96. The quantitative estimate of drug-likeness (QED) is 0.858. The first kappa shape index (κ1) is 12.2. The van der Waals surface area contributed by atoms with Crippen LogP contribution in [0, 0.1) is 6.92 Å². The number of thiazole rings is 1. The minimum absolute atomic E-state index is 0.0700. The summed E-state index contributed by atoms with van der Waals surface area (Å²) in [6, 6.07) is 1.07. The van der Waals surface area contributed by atoms with Crippen molar-refractivity contribution in [3.05, 3.63) is 33.6 Å². The summed E-state index contributed by atoms with van der Waals surface area (Å²) in [5, 5.41) is 17.3. The second-order valence-corrected chi connectivity index (χ2v) is 4.48. The van der Waals surface area contributed by atoms with E-state index in [9.17, 15) is 9.59 Å². The van der Waals surface area contributed by atoms with Crippen molar-refractivity contribution in [2.75, 3.05) is 0 Å². The molecule has 94 valence electrons. The minimum atomic E-state index is -1.27. The third-order valence-corrected chi connectivity index (χ3v) is 2.87. The fourth-order valence-electron chi connectivity index (χ4n) is 1.23. The number of hydrogen-bond acceptors (Lipinski definition) is 6. The number of carbonyl (C=O) groups is 2. The van der Waals surface area contributed by atoms with Crippen LogP contribution in [-0.2, 0) is 6.54 Å². The zero-order valence-corrected chi connectivity index (χ0v) is 10.2. The molecule has 1 amide bonds. The van der Waals surface area contributed by atoms with Gasteiger partial charge < -0.3 is 14.9 Å². The largest absolute Gasteiger partial charge is 0.475 e. The van der Waals surface area contributed by atoms with Gasteiger partial charge in [-0.2, -0.15) is 0 Å². The maximum absolute atomic E-state index is 11.6. The van der Waals surface area contributed by atoms with E-state index in [1.165, 1.54) is 11.3 Å². The molecule has 8 heteroatoms. The van der Waals surface area contributed by atoms with Crippen LogP contribution in [0.4, 0.5) is 0 Å². The molecule has 2 aromatic heterocycles. The molecule has 0 fully saturated rings. The maximum atomic E-state index is 11.6. The number of nitrogens with zero attached hydrogens (tertiary/aromatic N) is 2. The number of carboxylic acids is 1. The van der Waals surface area contributed by atoms with E-state index in [1.807, 2.05) is 12.3 Å². The molecule has 0 saturated heterocycles. The third kappa shape index (κ3) is 2.72. The van der Waals surface area contributed by atoms with Crippen LogP contribution in [0.25, 0.3) is 0 Å². The van der Waals surface area contributed by atoms with Crippen LogP contribution in [0.3, 0.4) is 0 Å². The molecule has 2 heterocycles. The van der Waals surface area contributed by atoms with Gasteiger partial charge in [0.25, 0.3) is 5.91 Å². The molecule has 0 saturated carbocycles. The molecule has 0 bridgehead atoms. The molecule has 0 atom stereocenters. The zero-order chi connectivity index (χ0) is 13.1. The van der Waals surface area contributed by atoms with Crippen molar-refractivity contribution < 1.29 is 19.2 Å². The minimum Gasteiger partial charge on any atom is -0.475 e. The Labute approximate surface area is 105 Å². The van der Waals surface area contributed by atoms with Crippen molar-refractivity contribution in [2.45, 2.75) is 13.5 Å². The second-order valence-electron chi connectivity index (χ2n) is 3.42. The van der Waals surface area contributed by atoms with Crippen LogP contribution >= 0.6 is 11.3 Å². The van der Waals surface area contributed by atoms with Crippen LogP contribution in [0.15, 0.2) is 16.0 Å². The average Bonchev–Trinajstić information content (AvgIpc) is 2.94. The monoisotopic (exact) mass is 267 g/mol. The molecule has 0 radical (unpaired) electrons. The highest BCUT2D eigenvalue weighted by atomic mass is 32.1. The summed E-state index contributed by atoms with van der Waals surface area (Å²) in [6.45, 7) is 2.13. The number of amides is 1. The van der Waals surface area contributed by atoms with E-state index in [4.69, 9.17) is 5.11 Å². The van der Waals surface area contributed by atoms with Crippen LogP contribution in [0.5, 0.6) is 0 Å². The standard InChI is InChI=1S/C10H9N3O4S/c1-5-12-6(4-18-5)3-11-9(14)7-2-8(10(15)16)17-13-7/h2,4H,3H2,1H3,(H,11,14)(H,15,16). The Morgan fingerprint density at radius 3 is 2.89 bits per heavy atom. The molecule has 0 aliphatic heterocycles. The summed E-state index contributed by atoms with van der Waals surface area (Å²) in [5.41, 5.74) is 0.673. The summed E-state index contributed by atoms with van der Waals surface area (Å²) in [4.78, 5) is 26.3. The van der Waals surface area contributed by atoms with E-state index in [1.54, 1.807) is 0 Å². The molecule has 0 unspecified atom stereocenters. The Bertz CT molecular complexity index is 589. The van der Waals surface area contributed by atoms with Crippen LogP contribution in [0.2, 0.25) is 0 Å². The summed E-state index contributed by atoms with van der Waals surface area (Å²) in [7, 11) is 0. The summed E-state index contributed by atoms with van der Waals surface area (Å²) in [6.07, 6.45) is 0. The molecule has 2 N–H and O–H groups in total. The van der Waals surface area contributed by atoms with Crippen molar-refractivity contribution >= 4 is 23.2 Å². The first-order valence-corrected chi connectivity index (χ1v) is 5.83.